The van der Waals surface area contributed by atoms with Crippen LogP contribution in [0.1, 0.15) is 16.6 Å². The zero-order valence-corrected chi connectivity index (χ0v) is 14.3. The lowest BCUT2D eigenvalue weighted by atomic mass is 9.81. The Morgan fingerprint density at radius 2 is 2.41 bits per heavy atom. The number of rotatable bonds is 5. The van der Waals surface area contributed by atoms with Crippen LogP contribution in [0.25, 0.3) is 0 Å². The fourth-order valence-corrected chi connectivity index (χ4v) is 4.51. The van der Waals surface area contributed by atoms with Gasteiger partial charge < -0.3 is 19.3 Å². The summed E-state index contributed by atoms with van der Waals surface area (Å²) in [5, 5.41) is 1.92. The van der Waals surface area contributed by atoms with Gasteiger partial charge in [-0.05, 0) is 32.5 Å². The quantitative estimate of drug-likeness (QED) is 0.828. The van der Waals surface area contributed by atoms with Crippen molar-refractivity contribution in [2.45, 2.75) is 6.92 Å². The van der Waals surface area contributed by atoms with Crippen molar-refractivity contribution in [1.29, 1.82) is 0 Å². The van der Waals surface area contributed by atoms with Crippen LogP contribution in [-0.4, -0.2) is 69.3 Å². The fourth-order valence-electron chi connectivity index (χ4n) is 3.71. The van der Waals surface area contributed by atoms with E-state index in [1.807, 2.05) is 23.3 Å². The molecule has 6 heteroatoms. The van der Waals surface area contributed by atoms with E-state index in [4.69, 9.17) is 9.47 Å². The van der Waals surface area contributed by atoms with Crippen LogP contribution in [0.4, 0.5) is 0 Å². The summed E-state index contributed by atoms with van der Waals surface area (Å²) >= 11 is 1.47. The molecule has 0 unspecified atom stereocenters. The summed E-state index contributed by atoms with van der Waals surface area (Å²) in [6.45, 7) is 6.56. The lowest BCUT2D eigenvalue weighted by molar-refractivity contribution is 0.0698. The SMILES string of the molecule is CCOc1ccsc1C(=O)N1C[C@@H]2COC[C@]2(CN(C)C)C1. The molecule has 5 nitrogen and oxygen atoms in total. The van der Waals surface area contributed by atoms with E-state index in [0.717, 1.165) is 37.7 Å². The van der Waals surface area contributed by atoms with Crippen molar-refractivity contribution in [2.24, 2.45) is 11.3 Å². The molecule has 0 radical (unpaired) electrons. The van der Waals surface area contributed by atoms with Gasteiger partial charge >= 0.3 is 0 Å². The van der Waals surface area contributed by atoms with Gasteiger partial charge in [0.05, 0.1) is 19.8 Å². The van der Waals surface area contributed by atoms with Gasteiger partial charge in [-0.15, -0.1) is 11.3 Å². The van der Waals surface area contributed by atoms with Crippen LogP contribution in [0, 0.1) is 11.3 Å². The van der Waals surface area contributed by atoms with Gasteiger partial charge in [0.25, 0.3) is 5.91 Å². The minimum absolute atomic E-state index is 0.0855. The third-order valence-corrected chi connectivity index (χ3v) is 5.45. The molecule has 2 atom stereocenters. The number of carbonyl (C=O) groups excluding carboxylic acids is 1. The van der Waals surface area contributed by atoms with Crippen LogP contribution >= 0.6 is 11.3 Å². The van der Waals surface area contributed by atoms with Crippen LogP contribution in [-0.2, 0) is 4.74 Å². The summed E-state index contributed by atoms with van der Waals surface area (Å²) in [5.41, 5.74) is 0.0855. The van der Waals surface area contributed by atoms with E-state index in [-0.39, 0.29) is 11.3 Å². The second kappa shape index (κ2) is 6.18. The molecule has 0 saturated carbocycles. The van der Waals surface area contributed by atoms with E-state index in [9.17, 15) is 4.79 Å². The van der Waals surface area contributed by atoms with Gasteiger partial charge in [0.2, 0.25) is 0 Å². The average molecular weight is 324 g/mol. The Balaban J connectivity index is 1.76. The van der Waals surface area contributed by atoms with Crippen molar-refractivity contribution in [3.8, 4) is 5.75 Å². The van der Waals surface area contributed by atoms with Crippen LogP contribution in [0.2, 0.25) is 0 Å². The number of nitrogens with zero attached hydrogens (tertiary/aromatic N) is 2. The smallest absolute Gasteiger partial charge is 0.267 e. The lowest BCUT2D eigenvalue weighted by Crippen LogP contribution is -2.41. The van der Waals surface area contributed by atoms with Gasteiger partial charge in [0, 0.05) is 31.0 Å². The highest BCUT2D eigenvalue weighted by Gasteiger charge is 2.52. The maximum Gasteiger partial charge on any atom is 0.267 e. The first kappa shape index (κ1) is 15.8. The lowest BCUT2D eigenvalue weighted by Gasteiger charge is -2.30. The zero-order valence-electron chi connectivity index (χ0n) is 13.5. The number of thiophene rings is 1. The molecule has 122 valence electrons. The first-order valence-electron chi connectivity index (χ1n) is 7.78. The molecule has 0 spiro atoms. The van der Waals surface area contributed by atoms with E-state index in [1.165, 1.54) is 11.3 Å². The van der Waals surface area contributed by atoms with Crippen LogP contribution in [0.5, 0.6) is 5.75 Å². The van der Waals surface area contributed by atoms with Crippen molar-refractivity contribution >= 4 is 17.2 Å². The number of fused-ring (bicyclic) bond motifs is 1. The molecule has 1 aromatic rings. The summed E-state index contributed by atoms with van der Waals surface area (Å²) in [5.74, 6) is 1.26. The topological polar surface area (TPSA) is 42.0 Å². The first-order valence-corrected chi connectivity index (χ1v) is 8.66. The highest BCUT2D eigenvalue weighted by Crippen LogP contribution is 2.42. The number of amides is 1. The van der Waals surface area contributed by atoms with Gasteiger partial charge in [0.1, 0.15) is 10.6 Å². The summed E-state index contributed by atoms with van der Waals surface area (Å²) in [6.07, 6.45) is 0. The van der Waals surface area contributed by atoms with Gasteiger partial charge in [-0.3, -0.25) is 4.79 Å². The highest BCUT2D eigenvalue weighted by molar-refractivity contribution is 7.12. The van der Waals surface area contributed by atoms with E-state index in [1.54, 1.807) is 0 Å². The molecule has 1 aromatic heterocycles. The molecule has 3 rings (SSSR count). The number of hydrogen-bond donors (Lipinski definition) is 0. The third kappa shape index (κ3) is 2.75. The molecule has 2 aliphatic rings. The summed E-state index contributed by atoms with van der Waals surface area (Å²) in [4.78, 5) is 17.8. The molecule has 2 saturated heterocycles. The Labute approximate surface area is 135 Å². The van der Waals surface area contributed by atoms with Crippen LogP contribution < -0.4 is 4.74 Å². The Hall–Kier alpha value is -1.11. The number of carbonyl (C=O) groups is 1. The van der Waals surface area contributed by atoms with Crippen molar-refractivity contribution < 1.29 is 14.3 Å². The molecule has 1 amide bonds. The molecule has 2 aliphatic heterocycles. The Kier molecular flexibility index (Phi) is 4.43. The maximum absolute atomic E-state index is 12.9. The molecule has 3 heterocycles. The molecular weight excluding hydrogens is 300 g/mol. The second-order valence-corrected chi connectivity index (χ2v) is 7.46. The minimum Gasteiger partial charge on any atom is -0.492 e. The maximum atomic E-state index is 12.9. The molecule has 0 aliphatic carbocycles. The van der Waals surface area contributed by atoms with Gasteiger partial charge in [-0.2, -0.15) is 0 Å². The second-order valence-electron chi connectivity index (χ2n) is 6.54. The molecular formula is C16H24N2O3S. The largest absolute Gasteiger partial charge is 0.492 e. The molecule has 0 aromatic carbocycles. The monoisotopic (exact) mass is 324 g/mol. The van der Waals surface area contributed by atoms with Gasteiger partial charge in [-0.1, -0.05) is 0 Å². The Bertz CT molecular complexity index is 545. The van der Waals surface area contributed by atoms with E-state index < -0.39 is 0 Å². The van der Waals surface area contributed by atoms with Crippen molar-refractivity contribution in [2.75, 3.05) is 53.6 Å². The summed E-state index contributed by atoms with van der Waals surface area (Å²) < 4.78 is 11.3. The molecule has 0 bridgehead atoms. The predicted molar refractivity (Wildman–Crippen MR) is 86.7 cm³/mol. The third-order valence-electron chi connectivity index (χ3n) is 4.56. The summed E-state index contributed by atoms with van der Waals surface area (Å²) in [7, 11) is 4.17. The normalized spacial score (nSPS) is 27.5. The Morgan fingerprint density at radius 3 is 3.14 bits per heavy atom. The van der Waals surface area contributed by atoms with Crippen molar-refractivity contribution in [3.63, 3.8) is 0 Å². The van der Waals surface area contributed by atoms with Gasteiger partial charge in [-0.25, -0.2) is 0 Å². The minimum atomic E-state index is 0.0855. The molecule has 0 N–H and O–H groups in total. The predicted octanol–water partition coefficient (Wildman–Crippen LogP) is 1.80. The highest BCUT2D eigenvalue weighted by atomic mass is 32.1. The van der Waals surface area contributed by atoms with Crippen molar-refractivity contribution in [3.05, 3.63) is 16.3 Å². The van der Waals surface area contributed by atoms with E-state index in [0.29, 0.717) is 18.3 Å². The number of ether oxygens (including phenoxy) is 2. The summed E-state index contributed by atoms with van der Waals surface area (Å²) in [6, 6.07) is 1.89. The number of hydrogen-bond acceptors (Lipinski definition) is 5. The van der Waals surface area contributed by atoms with E-state index >= 15 is 0 Å². The Morgan fingerprint density at radius 1 is 1.59 bits per heavy atom. The van der Waals surface area contributed by atoms with E-state index in [2.05, 4.69) is 19.0 Å². The number of likely N-dealkylation sites (tertiary alicyclic amines) is 1. The fraction of sp³-hybridized carbons (Fsp3) is 0.688. The van der Waals surface area contributed by atoms with Gasteiger partial charge in [0.15, 0.2) is 0 Å². The molecule has 2 fully saturated rings. The van der Waals surface area contributed by atoms with Crippen molar-refractivity contribution in [1.82, 2.24) is 9.80 Å². The molecule has 22 heavy (non-hydrogen) atoms. The van der Waals surface area contributed by atoms with Crippen LogP contribution in [0.3, 0.4) is 0 Å². The first-order chi connectivity index (χ1) is 10.6. The standard InChI is InChI=1S/C16H24N2O3S/c1-4-21-13-5-6-22-14(13)15(19)18-7-12-8-20-11-16(12,10-18)9-17(2)3/h5-6,12H,4,7-11H2,1-3H3/t12-,16+/m1/s1. The average Bonchev–Trinajstić information content (AvgIpc) is 3.11. The zero-order chi connectivity index (χ0) is 15.7. The van der Waals surface area contributed by atoms with Crippen LogP contribution in [0.15, 0.2) is 11.4 Å².